The molecule has 2 aromatic rings. The van der Waals surface area contributed by atoms with Gasteiger partial charge >= 0.3 is 6.03 Å². The number of nitrogens with one attached hydrogen (secondary N) is 1. The van der Waals surface area contributed by atoms with Crippen LogP contribution in [0.2, 0.25) is 0 Å². The number of hydrogen-bond acceptors (Lipinski definition) is 3. The van der Waals surface area contributed by atoms with Gasteiger partial charge in [-0.25, -0.2) is 9.18 Å². The fourth-order valence-electron chi connectivity index (χ4n) is 2.89. The number of rotatable bonds is 6. The summed E-state index contributed by atoms with van der Waals surface area (Å²) in [5, 5.41) is 2.78. The quantitative estimate of drug-likeness (QED) is 0.570. The zero-order valence-electron chi connectivity index (χ0n) is 14.2. The van der Waals surface area contributed by atoms with E-state index in [-0.39, 0.29) is 18.3 Å². The first-order chi connectivity index (χ1) is 12.4. The van der Waals surface area contributed by atoms with Gasteiger partial charge in [0, 0.05) is 16.6 Å². The van der Waals surface area contributed by atoms with E-state index in [1.807, 2.05) is 24.3 Å². The highest BCUT2D eigenvalue weighted by Crippen LogP contribution is 2.33. The molecule has 1 saturated heterocycles. The third-order valence-electron chi connectivity index (χ3n) is 4.30. The van der Waals surface area contributed by atoms with Crippen LogP contribution in [0.15, 0.2) is 53.0 Å². The van der Waals surface area contributed by atoms with Gasteiger partial charge in [-0.3, -0.25) is 9.69 Å². The van der Waals surface area contributed by atoms with Crippen molar-refractivity contribution in [3.05, 3.63) is 64.4 Å². The third kappa shape index (κ3) is 3.58. The Morgan fingerprint density at radius 1 is 1.15 bits per heavy atom. The molecule has 0 bridgehead atoms. The van der Waals surface area contributed by atoms with E-state index < -0.39 is 11.6 Å². The lowest BCUT2D eigenvalue weighted by molar-refractivity contribution is -0.131. The summed E-state index contributed by atoms with van der Waals surface area (Å²) in [5.74, 6) is -0.0825. The lowest BCUT2D eigenvalue weighted by Crippen LogP contribution is -2.41. The predicted molar refractivity (Wildman–Crippen MR) is 98.3 cm³/mol. The van der Waals surface area contributed by atoms with Crippen LogP contribution in [-0.2, 0) is 10.3 Å². The summed E-state index contributed by atoms with van der Waals surface area (Å²) in [5.41, 5.74) is -0.391. The third-order valence-corrected chi connectivity index (χ3v) is 4.99. The number of nitrogens with zero attached hydrogens (tertiary/aromatic N) is 1. The predicted octanol–water partition coefficient (Wildman–Crippen LogP) is 3.82. The maximum atomic E-state index is 12.9. The lowest BCUT2D eigenvalue weighted by atomic mass is 9.92. The minimum absolute atomic E-state index is 0.242. The van der Waals surface area contributed by atoms with Crippen LogP contribution in [0, 0.1) is 5.82 Å². The monoisotopic (exact) mass is 420 g/mol. The number of imide groups is 1. The second kappa shape index (κ2) is 7.45. The van der Waals surface area contributed by atoms with E-state index in [1.54, 1.807) is 6.92 Å². The van der Waals surface area contributed by atoms with Gasteiger partial charge in [0.05, 0.1) is 6.61 Å². The largest absolute Gasteiger partial charge is 0.494 e. The Morgan fingerprint density at radius 3 is 2.54 bits per heavy atom. The fourth-order valence-corrected chi connectivity index (χ4v) is 3.57. The molecule has 1 aliphatic rings. The first-order valence-corrected chi connectivity index (χ1v) is 8.98. The van der Waals surface area contributed by atoms with Crippen molar-refractivity contribution in [3.63, 3.8) is 0 Å². The van der Waals surface area contributed by atoms with Crippen LogP contribution in [0.5, 0.6) is 5.75 Å². The van der Waals surface area contributed by atoms with Crippen molar-refractivity contribution < 1.29 is 18.7 Å². The van der Waals surface area contributed by atoms with Gasteiger partial charge in [-0.05, 0) is 43.7 Å². The van der Waals surface area contributed by atoms with E-state index in [1.165, 1.54) is 29.2 Å². The molecule has 0 aromatic heterocycles. The molecule has 3 amide bonds. The van der Waals surface area contributed by atoms with E-state index in [0.29, 0.717) is 24.3 Å². The Kier molecular flexibility index (Phi) is 5.27. The summed E-state index contributed by atoms with van der Waals surface area (Å²) in [6, 6.07) is 12.6. The second-order valence-corrected chi connectivity index (χ2v) is 7.00. The molecule has 3 rings (SSSR count). The normalized spacial score (nSPS) is 19.6. The van der Waals surface area contributed by atoms with Crippen LogP contribution < -0.4 is 10.1 Å². The van der Waals surface area contributed by atoms with Gasteiger partial charge in [0.2, 0.25) is 0 Å². The van der Waals surface area contributed by atoms with Gasteiger partial charge in [0.25, 0.3) is 5.91 Å². The molecule has 1 fully saturated rings. The molecule has 1 heterocycles. The van der Waals surface area contributed by atoms with E-state index in [0.717, 1.165) is 4.47 Å². The van der Waals surface area contributed by atoms with Gasteiger partial charge < -0.3 is 10.1 Å². The molecule has 1 atom stereocenters. The van der Waals surface area contributed by atoms with Crippen molar-refractivity contribution in [2.24, 2.45) is 0 Å². The van der Waals surface area contributed by atoms with Gasteiger partial charge in [-0.1, -0.05) is 34.1 Å². The highest BCUT2D eigenvalue weighted by atomic mass is 79.9. The molecule has 0 saturated carbocycles. The zero-order valence-corrected chi connectivity index (χ0v) is 15.8. The number of hydrogen-bond donors (Lipinski definition) is 1. The molecule has 0 radical (unpaired) electrons. The lowest BCUT2D eigenvalue weighted by Gasteiger charge is -2.23. The van der Waals surface area contributed by atoms with Crippen molar-refractivity contribution in [2.45, 2.75) is 18.9 Å². The molecule has 26 heavy (non-hydrogen) atoms. The van der Waals surface area contributed by atoms with Crippen LogP contribution >= 0.6 is 15.9 Å². The van der Waals surface area contributed by atoms with Gasteiger partial charge in [0.15, 0.2) is 0 Å². The van der Waals surface area contributed by atoms with E-state index >= 15 is 0 Å². The van der Waals surface area contributed by atoms with Crippen molar-refractivity contribution in [2.75, 3.05) is 13.2 Å². The first kappa shape index (κ1) is 18.4. The molecule has 1 aliphatic heterocycles. The topological polar surface area (TPSA) is 58.6 Å². The fraction of sp³-hybridized carbons (Fsp3) is 0.263. The summed E-state index contributed by atoms with van der Waals surface area (Å²) >= 11 is 3.43. The van der Waals surface area contributed by atoms with Crippen LogP contribution in [-0.4, -0.2) is 30.0 Å². The number of carbonyl (C=O) groups excluding carboxylic acids is 2. The molecule has 0 aliphatic carbocycles. The Hall–Kier alpha value is -2.41. The summed E-state index contributed by atoms with van der Waals surface area (Å²) < 4.78 is 19.1. The smallest absolute Gasteiger partial charge is 0.325 e. The second-order valence-electron chi connectivity index (χ2n) is 6.15. The maximum Gasteiger partial charge on any atom is 0.325 e. The van der Waals surface area contributed by atoms with Crippen molar-refractivity contribution in [3.8, 4) is 5.75 Å². The molecule has 1 N–H and O–H groups in total. The average Bonchev–Trinajstić information content (AvgIpc) is 2.84. The number of ether oxygens (including phenoxy) is 1. The standard InChI is InChI=1S/C19H18BrFN2O3/c1-19(15-5-2-3-6-16(15)20)17(24)23(18(25)22-19)11-4-12-26-14-9-7-13(21)8-10-14/h2-3,5-10H,4,11-12H2,1H3,(H,22,25). The molecule has 0 spiro atoms. The number of benzene rings is 2. The summed E-state index contributed by atoms with van der Waals surface area (Å²) in [6.45, 7) is 2.25. The minimum Gasteiger partial charge on any atom is -0.494 e. The van der Waals surface area contributed by atoms with Crippen LogP contribution in [0.1, 0.15) is 18.9 Å². The Labute approximate surface area is 159 Å². The number of amides is 3. The first-order valence-electron chi connectivity index (χ1n) is 8.19. The average molecular weight is 421 g/mol. The Bertz CT molecular complexity index is 828. The minimum atomic E-state index is -1.10. The molecule has 2 aromatic carbocycles. The van der Waals surface area contributed by atoms with Crippen molar-refractivity contribution in [1.82, 2.24) is 10.2 Å². The van der Waals surface area contributed by atoms with E-state index in [9.17, 15) is 14.0 Å². The molecule has 1 unspecified atom stereocenters. The number of urea groups is 1. The Balaban J connectivity index is 1.61. The van der Waals surface area contributed by atoms with Crippen LogP contribution in [0.25, 0.3) is 0 Å². The zero-order chi connectivity index (χ0) is 18.7. The summed E-state index contributed by atoms with van der Waals surface area (Å²) in [4.78, 5) is 26.3. The molecule has 136 valence electrons. The van der Waals surface area contributed by atoms with Gasteiger partial charge in [-0.2, -0.15) is 0 Å². The number of carbonyl (C=O) groups is 2. The molecule has 5 nitrogen and oxygen atoms in total. The van der Waals surface area contributed by atoms with Crippen molar-refractivity contribution >= 4 is 27.9 Å². The van der Waals surface area contributed by atoms with Crippen molar-refractivity contribution in [1.29, 1.82) is 0 Å². The SMILES string of the molecule is CC1(c2ccccc2Br)NC(=O)N(CCCOc2ccc(F)cc2)C1=O. The van der Waals surface area contributed by atoms with E-state index in [2.05, 4.69) is 21.2 Å². The molecule has 7 heteroatoms. The molecular formula is C19H18BrFN2O3. The highest BCUT2D eigenvalue weighted by Gasteiger charge is 2.49. The Morgan fingerprint density at radius 2 is 1.85 bits per heavy atom. The number of halogens is 2. The molecular weight excluding hydrogens is 403 g/mol. The van der Waals surface area contributed by atoms with E-state index in [4.69, 9.17) is 4.74 Å². The van der Waals surface area contributed by atoms with Gasteiger partial charge in [-0.15, -0.1) is 0 Å². The van der Waals surface area contributed by atoms with Crippen LogP contribution in [0.4, 0.5) is 9.18 Å². The summed E-state index contributed by atoms with van der Waals surface area (Å²) in [7, 11) is 0. The van der Waals surface area contributed by atoms with Gasteiger partial charge in [0.1, 0.15) is 17.1 Å². The van der Waals surface area contributed by atoms with Crippen LogP contribution in [0.3, 0.4) is 0 Å². The summed E-state index contributed by atoms with van der Waals surface area (Å²) in [6.07, 6.45) is 0.475. The maximum absolute atomic E-state index is 12.9. The highest BCUT2D eigenvalue weighted by molar-refractivity contribution is 9.10.